The van der Waals surface area contributed by atoms with Crippen LogP contribution in [0.5, 0.6) is 0 Å². The second kappa shape index (κ2) is 10.8. The van der Waals surface area contributed by atoms with Crippen LogP contribution in [0, 0.1) is 40.4 Å². The summed E-state index contributed by atoms with van der Waals surface area (Å²) < 4.78 is 28.9. The Morgan fingerprint density at radius 2 is 1.75 bits per heavy atom. The predicted octanol–water partition coefficient (Wildman–Crippen LogP) is 4.04. The molecule has 1 saturated heterocycles. The molecule has 1 spiro atoms. The van der Waals surface area contributed by atoms with Crippen LogP contribution in [0.2, 0.25) is 0 Å². The highest BCUT2D eigenvalue weighted by molar-refractivity contribution is 5.99. The molecule has 1 unspecified atom stereocenters. The summed E-state index contributed by atoms with van der Waals surface area (Å²) in [6.45, 7) is 10.3. The number of carbonyl (C=O) groups excluding carboxylic acids is 5. The van der Waals surface area contributed by atoms with Gasteiger partial charge in [0.15, 0.2) is 17.5 Å². The molecule has 0 aromatic carbocycles. The Balaban J connectivity index is 1.27. The number of epoxide rings is 1. The SMILES string of the molecule is CC(=O)OCC1=C(C)C[C@H]([C@@H](C)C2CC[C@H]3[C@@H]4C[C@H]5O[C@]56[C@@H](OC(C)=O)C=CC(=O)[C@]6(COC(C)=O)[C@H]4CC[C@]23C)OC1=O. The number of cyclic esters (lactones) is 1. The molecule has 44 heavy (non-hydrogen) atoms. The molecule has 2 heterocycles. The molecular weight excluding hydrogens is 568 g/mol. The zero-order valence-electron chi connectivity index (χ0n) is 26.5. The Kier molecular flexibility index (Phi) is 7.61. The first-order chi connectivity index (χ1) is 20.8. The molecule has 6 aliphatic rings. The number of allylic oxidation sites excluding steroid dienone is 1. The minimum Gasteiger partial charge on any atom is -0.465 e. The molecule has 10 nitrogen and oxygen atoms in total. The molecule has 6 rings (SSSR count). The van der Waals surface area contributed by atoms with Crippen molar-refractivity contribution in [1.82, 2.24) is 0 Å². The minimum absolute atomic E-state index is 0.0387. The van der Waals surface area contributed by atoms with E-state index in [-0.39, 0.29) is 54.4 Å². The van der Waals surface area contributed by atoms with Gasteiger partial charge in [-0.1, -0.05) is 19.4 Å². The van der Waals surface area contributed by atoms with E-state index in [2.05, 4.69) is 13.8 Å². The fourth-order valence-electron chi connectivity index (χ4n) is 10.4. The molecule has 4 aliphatic carbocycles. The molecule has 2 aliphatic heterocycles. The van der Waals surface area contributed by atoms with Crippen molar-refractivity contribution in [2.75, 3.05) is 13.2 Å². The highest BCUT2D eigenvalue weighted by Crippen LogP contribution is 2.73. The van der Waals surface area contributed by atoms with Gasteiger partial charge in [-0.2, -0.15) is 0 Å². The van der Waals surface area contributed by atoms with E-state index in [0.717, 1.165) is 37.7 Å². The van der Waals surface area contributed by atoms with E-state index < -0.39 is 41.0 Å². The summed E-state index contributed by atoms with van der Waals surface area (Å²) >= 11 is 0. The summed E-state index contributed by atoms with van der Waals surface area (Å²) in [5.41, 5.74) is -0.861. The molecule has 11 atom stereocenters. The maximum absolute atomic E-state index is 14.0. The highest BCUT2D eigenvalue weighted by Gasteiger charge is 2.83. The van der Waals surface area contributed by atoms with Crippen LogP contribution in [0.25, 0.3) is 0 Å². The van der Waals surface area contributed by atoms with Crippen LogP contribution in [0.3, 0.4) is 0 Å². The zero-order chi connectivity index (χ0) is 31.8. The van der Waals surface area contributed by atoms with Gasteiger partial charge in [0, 0.05) is 27.2 Å². The first-order valence-corrected chi connectivity index (χ1v) is 16.0. The molecule has 240 valence electrons. The molecule has 0 amide bonds. The largest absolute Gasteiger partial charge is 0.465 e. The Bertz CT molecular complexity index is 1350. The molecule has 0 N–H and O–H groups in total. The van der Waals surface area contributed by atoms with E-state index in [0.29, 0.717) is 23.8 Å². The monoisotopic (exact) mass is 612 g/mol. The van der Waals surface area contributed by atoms with Crippen LogP contribution in [0.1, 0.15) is 80.1 Å². The lowest BCUT2D eigenvalue weighted by Gasteiger charge is -2.59. The number of esters is 4. The lowest BCUT2D eigenvalue weighted by atomic mass is 9.44. The number of fused-ring (bicyclic) bond motifs is 4. The molecule has 0 bridgehead atoms. The number of hydrogen-bond acceptors (Lipinski definition) is 10. The van der Waals surface area contributed by atoms with Crippen LogP contribution in [0.15, 0.2) is 23.3 Å². The smallest absolute Gasteiger partial charge is 0.337 e. The van der Waals surface area contributed by atoms with E-state index in [1.807, 2.05) is 6.92 Å². The van der Waals surface area contributed by atoms with Gasteiger partial charge in [0.2, 0.25) is 0 Å². The van der Waals surface area contributed by atoms with Crippen molar-refractivity contribution in [3.63, 3.8) is 0 Å². The molecule has 4 fully saturated rings. The van der Waals surface area contributed by atoms with Crippen molar-refractivity contribution in [1.29, 1.82) is 0 Å². The lowest BCUT2D eigenvalue weighted by molar-refractivity contribution is -0.181. The third-order valence-corrected chi connectivity index (χ3v) is 12.3. The van der Waals surface area contributed by atoms with E-state index >= 15 is 0 Å². The van der Waals surface area contributed by atoms with Crippen molar-refractivity contribution in [3.05, 3.63) is 23.3 Å². The van der Waals surface area contributed by atoms with Gasteiger partial charge in [0.1, 0.15) is 24.7 Å². The maximum Gasteiger partial charge on any atom is 0.337 e. The lowest BCUT2D eigenvalue weighted by Crippen LogP contribution is -2.67. The average Bonchev–Trinajstić information content (AvgIpc) is 3.57. The highest BCUT2D eigenvalue weighted by atomic mass is 16.7. The fourth-order valence-corrected chi connectivity index (χ4v) is 10.4. The first kappa shape index (κ1) is 31.0. The van der Waals surface area contributed by atoms with E-state index in [4.69, 9.17) is 23.7 Å². The standard InChI is InChI=1S/C34H44O10/c1-17-13-27(43-31(39)23(17)15-40-19(3)35)18(2)24-7-8-25-22-14-30-34(44-30)29(42-21(5)37)10-9-28(38)33(34,16-41-20(4)36)26(22)11-12-32(24,25)6/h9-10,18,22,24-27,29-30H,7-8,11-16H2,1-6H3/t18-,22-,24?,25-,26-,27+,29-,30+,32+,33-,34+/m0/s1. The number of hydrogen-bond donors (Lipinski definition) is 0. The normalized spacial score (nSPS) is 42.6. The van der Waals surface area contributed by atoms with Crippen LogP contribution in [0.4, 0.5) is 0 Å². The number of ether oxygens (including phenoxy) is 5. The summed E-state index contributed by atoms with van der Waals surface area (Å²) in [5, 5.41) is 0. The minimum atomic E-state index is -1.12. The predicted molar refractivity (Wildman–Crippen MR) is 155 cm³/mol. The Hall–Kier alpha value is -3.01. The van der Waals surface area contributed by atoms with Gasteiger partial charge in [-0.05, 0) is 86.2 Å². The van der Waals surface area contributed by atoms with Crippen LogP contribution in [-0.2, 0) is 47.7 Å². The van der Waals surface area contributed by atoms with Gasteiger partial charge in [-0.25, -0.2) is 4.79 Å². The molecular formula is C34H44O10. The molecule has 0 aromatic heterocycles. The van der Waals surface area contributed by atoms with Crippen LogP contribution < -0.4 is 0 Å². The third kappa shape index (κ3) is 4.49. The second-order valence-electron chi connectivity index (χ2n) is 14.3. The molecule has 10 heteroatoms. The fraction of sp³-hybridized carbons (Fsp3) is 0.735. The quantitative estimate of drug-likeness (QED) is 0.236. The van der Waals surface area contributed by atoms with Crippen molar-refractivity contribution < 1.29 is 47.7 Å². The second-order valence-corrected chi connectivity index (χ2v) is 14.3. The third-order valence-electron chi connectivity index (χ3n) is 12.3. The van der Waals surface area contributed by atoms with Crippen molar-refractivity contribution >= 4 is 29.7 Å². The number of rotatable bonds is 7. The van der Waals surface area contributed by atoms with Gasteiger partial charge < -0.3 is 23.7 Å². The van der Waals surface area contributed by atoms with E-state index in [9.17, 15) is 24.0 Å². The Labute approximate surface area is 258 Å². The summed E-state index contributed by atoms with van der Waals surface area (Å²) in [6.07, 6.45) is 6.84. The topological polar surface area (TPSA) is 135 Å². The molecule has 3 saturated carbocycles. The molecule has 0 radical (unpaired) electrons. The summed E-state index contributed by atoms with van der Waals surface area (Å²) in [5.74, 6) is -1.07. The van der Waals surface area contributed by atoms with Gasteiger partial charge in [-0.3, -0.25) is 19.2 Å². The summed E-state index contributed by atoms with van der Waals surface area (Å²) in [7, 11) is 0. The Morgan fingerprint density at radius 1 is 1.02 bits per heavy atom. The Morgan fingerprint density at radius 3 is 2.41 bits per heavy atom. The molecule has 0 aromatic rings. The van der Waals surface area contributed by atoms with E-state index in [1.165, 1.54) is 26.8 Å². The summed E-state index contributed by atoms with van der Waals surface area (Å²) in [4.78, 5) is 62.5. The van der Waals surface area contributed by atoms with Gasteiger partial charge >= 0.3 is 23.9 Å². The first-order valence-electron chi connectivity index (χ1n) is 16.0. The number of carbonyl (C=O) groups is 5. The zero-order valence-corrected chi connectivity index (χ0v) is 26.5. The maximum atomic E-state index is 14.0. The number of ketones is 1. The van der Waals surface area contributed by atoms with Gasteiger partial charge in [0.25, 0.3) is 0 Å². The van der Waals surface area contributed by atoms with Gasteiger partial charge in [0.05, 0.1) is 11.7 Å². The average molecular weight is 613 g/mol. The van der Waals surface area contributed by atoms with Gasteiger partial charge in [-0.15, -0.1) is 0 Å². The van der Waals surface area contributed by atoms with Crippen LogP contribution >= 0.6 is 0 Å². The van der Waals surface area contributed by atoms with E-state index in [1.54, 1.807) is 6.08 Å². The van der Waals surface area contributed by atoms with Crippen LogP contribution in [-0.4, -0.2) is 66.8 Å². The summed E-state index contributed by atoms with van der Waals surface area (Å²) in [6, 6.07) is 0. The van der Waals surface area contributed by atoms with Crippen molar-refractivity contribution in [2.45, 2.75) is 104 Å². The van der Waals surface area contributed by atoms with Crippen molar-refractivity contribution in [2.24, 2.45) is 40.4 Å². The van der Waals surface area contributed by atoms with Crippen molar-refractivity contribution in [3.8, 4) is 0 Å².